The van der Waals surface area contributed by atoms with E-state index in [1.54, 1.807) is 18.2 Å². The van der Waals surface area contributed by atoms with Crippen molar-refractivity contribution < 1.29 is 23.6 Å². The van der Waals surface area contributed by atoms with Crippen molar-refractivity contribution in [1.82, 2.24) is 5.16 Å². The zero-order valence-corrected chi connectivity index (χ0v) is 13.7. The van der Waals surface area contributed by atoms with Gasteiger partial charge in [-0.05, 0) is 34.1 Å². The maximum absolute atomic E-state index is 14.0. The van der Waals surface area contributed by atoms with Gasteiger partial charge in [0.25, 0.3) is 0 Å². The van der Waals surface area contributed by atoms with Gasteiger partial charge in [0.2, 0.25) is 0 Å². The average Bonchev–Trinajstić information content (AvgIpc) is 2.91. The molecule has 118 valence electrons. The third kappa shape index (κ3) is 2.89. The monoisotopic (exact) mass is 399 g/mol. The lowest BCUT2D eigenvalue weighted by atomic mass is 10.1. The van der Waals surface area contributed by atoms with E-state index in [1.807, 2.05) is 0 Å². The molecule has 0 unspecified atom stereocenters. The van der Waals surface area contributed by atoms with Gasteiger partial charge in [-0.2, -0.15) is 0 Å². The van der Waals surface area contributed by atoms with Crippen molar-refractivity contribution in [2.45, 2.75) is 0 Å². The Balaban J connectivity index is 2.16. The summed E-state index contributed by atoms with van der Waals surface area (Å²) in [5, 5.41) is 13.2. The Bertz CT molecular complexity index is 912. The minimum Gasteiger partial charge on any atom is -0.479 e. The number of aromatic nitrogens is 1. The van der Waals surface area contributed by atoms with E-state index in [4.69, 9.17) is 26.0 Å². The molecule has 8 heteroatoms. The number of carboxylic acids is 1. The summed E-state index contributed by atoms with van der Waals surface area (Å²) in [6.07, 6.45) is 0. The molecule has 1 N–H and O–H groups in total. The summed E-state index contributed by atoms with van der Waals surface area (Å²) in [6, 6.07) is 7.64. The molecule has 0 fully saturated rings. The van der Waals surface area contributed by atoms with Gasteiger partial charge in [-0.15, -0.1) is 0 Å². The Morgan fingerprint density at radius 2 is 2.17 bits per heavy atom. The van der Waals surface area contributed by atoms with E-state index in [9.17, 15) is 9.18 Å². The van der Waals surface area contributed by atoms with E-state index < -0.39 is 18.4 Å². The second-order valence-electron chi connectivity index (χ2n) is 4.57. The zero-order valence-electron chi connectivity index (χ0n) is 11.3. The first kappa shape index (κ1) is 15.8. The van der Waals surface area contributed by atoms with Crippen molar-refractivity contribution in [3.8, 4) is 17.0 Å². The van der Waals surface area contributed by atoms with Crippen LogP contribution >= 0.6 is 27.5 Å². The molecule has 1 heterocycles. The summed E-state index contributed by atoms with van der Waals surface area (Å²) >= 11 is 9.39. The number of rotatable bonds is 4. The second-order valence-corrected chi connectivity index (χ2v) is 5.77. The highest BCUT2D eigenvalue weighted by Gasteiger charge is 2.21. The number of aliphatic carboxylic acids is 1. The lowest BCUT2D eigenvalue weighted by Gasteiger charge is -2.08. The highest BCUT2D eigenvalue weighted by molar-refractivity contribution is 9.10. The summed E-state index contributed by atoms with van der Waals surface area (Å²) in [5.41, 5.74) is 0.854. The van der Waals surface area contributed by atoms with Crippen LogP contribution in [0, 0.1) is 5.82 Å². The minimum absolute atomic E-state index is 0.123. The maximum Gasteiger partial charge on any atom is 0.341 e. The van der Waals surface area contributed by atoms with Crippen LogP contribution < -0.4 is 4.74 Å². The summed E-state index contributed by atoms with van der Waals surface area (Å²) < 4.78 is 24.6. The topological polar surface area (TPSA) is 72.6 Å². The van der Waals surface area contributed by atoms with Crippen LogP contribution in [0.5, 0.6) is 5.75 Å². The standard InChI is InChI=1S/C15H8BrClFNO4/c16-12-14-8(5-9(17)15(12)22-6-11(20)21)13(19-23-14)7-3-1-2-4-10(7)18/h1-5H,6H2,(H,20,21). The van der Waals surface area contributed by atoms with Gasteiger partial charge in [0.1, 0.15) is 16.0 Å². The van der Waals surface area contributed by atoms with Crippen LogP contribution in [-0.2, 0) is 4.79 Å². The first-order valence-corrected chi connectivity index (χ1v) is 7.53. The van der Waals surface area contributed by atoms with Crippen molar-refractivity contribution in [3.05, 3.63) is 45.6 Å². The van der Waals surface area contributed by atoms with Crippen LogP contribution in [0.2, 0.25) is 5.02 Å². The molecular formula is C15H8BrClFNO4. The normalized spacial score (nSPS) is 10.9. The van der Waals surface area contributed by atoms with Crippen LogP contribution in [0.25, 0.3) is 22.2 Å². The van der Waals surface area contributed by atoms with Gasteiger partial charge in [-0.1, -0.05) is 28.9 Å². The second kappa shape index (κ2) is 6.17. The Hall–Kier alpha value is -2.12. The fourth-order valence-corrected chi connectivity index (χ4v) is 3.09. The van der Waals surface area contributed by atoms with Gasteiger partial charge in [0.05, 0.1) is 10.4 Å². The maximum atomic E-state index is 14.0. The molecule has 0 spiro atoms. The lowest BCUT2D eigenvalue weighted by Crippen LogP contribution is -2.10. The minimum atomic E-state index is -1.14. The van der Waals surface area contributed by atoms with Crippen LogP contribution in [0.3, 0.4) is 0 Å². The smallest absolute Gasteiger partial charge is 0.341 e. The Labute approximate surface area is 142 Å². The summed E-state index contributed by atoms with van der Waals surface area (Å²) in [6.45, 7) is -0.557. The largest absolute Gasteiger partial charge is 0.479 e. The first-order chi connectivity index (χ1) is 11.0. The number of hydrogen-bond donors (Lipinski definition) is 1. The summed E-state index contributed by atoms with van der Waals surface area (Å²) in [7, 11) is 0. The van der Waals surface area contributed by atoms with Crippen LogP contribution in [0.1, 0.15) is 0 Å². The highest BCUT2D eigenvalue weighted by Crippen LogP contribution is 2.42. The van der Waals surface area contributed by atoms with Crippen molar-refractivity contribution in [3.63, 3.8) is 0 Å². The van der Waals surface area contributed by atoms with Crippen molar-refractivity contribution >= 4 is 44.5 Å². The third-order valence-electron chi connectivity index (χ3n) is 3.08. The molecule has 0 saturated carbocycles. The molecule has 1 aromatic heterocycles. The highest BCUT2D eigenvalue weighted by atomic mass is 79.9. The molecular weight excluding hydrogens is 393 g/mol. The van der Waals surface area contributed by atoms with Crippen LogP contribution in [0.4, 0.5) is 4.39 Å². The first-order valence-electron chi connectivity index (χ1n) is 6.36. The van der Waals surface area contributed by atoms with E-state index in [0.717, 1.165) is 0 Å². The van der Waals surface area contributed by atoms with Gasteiger partial charge in [-0.25, -0.2) is 9.18 Å². The van der Waals surface area contributed by atoms with Gasteiger partial charge in [0, 0.05) is 5.56 Å². The molecule has 0 bridgehead atoms. The van der Waals surface area contributed by atoms with E-state index in [0.29, 0.717) is 15.6 Å². The number of benzene rings is 2. The number of hydrogen-bond acceptors (Lipinski definition) is 4. The number of nitrogens with zero attached hydrogens (tertiary/aromatic N) is 1. The predicted molar refractivity (Wildman–Crippen MR) is 85.2 cm³/mol. The molecule has 3 rings (SSSR count). The van der Waals surface area contributed by atoms with Gasteiger partial charge < -0.3 is 14.4 Å². The van der Waals surface area contributed by atoms with Crippen molar-refractivity contribution in [1.29, 1.82) is 0 Å². The molecule has 3 aromatic rings. The molecule has 23 heavy (non-hydrogen) atoms. The molecule has 2 aromatic carbocycles. The quantitative estimate of drug-likeness (QED) is 0.697. The molecule has 0 aliphatic rings. The molecule has 0 aliphatic heterocycles. The molecule has 0 amide bonds. The van der Waals surface area contributed by atoms with Gasteiger partial charge in [0.15, 0.2) is 17.9 Å². The Morgan fingerprint density at radius 3 is 2.87 bits per heavy atom. The number of fused-ring (bicyclic) bond motifs is 1. The van der Waals surface area contributed by atoms with Crippen molar-refractivity contribution in [2.24, 2.45) is 0 Å². The number of carboxylic acid groups (broad SMARTS) is 1. The SMILES string of the molecule is O=C(O)COc1c(Cl)cc2c(-c3ccccc3F)noc2c1Br. The fraction of sp³-hybridized carbons (Fsp3) is 0.0667. The number of ether oxygens (including phenoxy) is 1. The summed E-state index contributed by atoms with van der Waals surface area (Å²) in [5.74, 6) is -1.46. The van der Waals surface area contributed by atoms with E-state index >= 15 is 0 Å². The lowest BCUT2D eigenvalue weighted by molar-refractivity contribution is -0.139. The Morgan fingerprint density at radius 1 is 1.43 bits per heavy atom. The zero-order chi connectivity index (χ0) is 16.6. The predicted octanol–water partition coefficient (Wildman–Crippen LogP) is 4.51. The van der Waals surface area contributed by atoms with Crippen molar-refractivity contribution in [2.75, 3.05) is 6.61 Å². The van der Waals surface area contributed by atoms with Gasteiger partial charge in [-0.3, -0.25) is 0 Å². The van der Waals surface area contributed by atoms with Gasteiger partial charge >= 0.3 is 5.97 Å². The molecule has 5 nitrogen and oxygen atoms in total. The van der Waals surface area contributed by atoms with E-state index in [-0.39, 0.29) is 21.9 Å². The average molecular weight is 401 g/mol. The number of carbonyl (C=O) groups is 1. The van der Waals surface area contributed by atoms with Crippen LogP contribution in [0.15, 0.2) is 39.3 Å². The molecule has 0 radical (unpaired) electrons. The van der Waals surface area contributed by atoms with E-state index in [2.05, 4.69) is 21.1 Å². The molecule has 0 atom stereocenters. The van der Waals surface area contributed by atoms with Crippen LogP contribution in [-0.4, -0.2) is 22.8 Å². The number of halogens is 3. The molecule has 0 saturated heterocycles. The summed E-state index contributed by atoms with van der Waals surface area (Å²) in [4.78, 5) is 10.6. The fourth-order valence-electron chi connectivity index (χ4n) is 2.10. The Kier molecular flexibility index (Phi) is 4.23. The third-order valence-corrected chi connectivity index (χ3v) is 4.08. The molecule has 0 aliphatic carbocycles. The van der Waals surface area contributed by atoms with E-state index in [1.165, 1.54) is 12.1 Å².